The van der Waals surface area contributed by atoms with E-state index in [-0.39, 0.29) is 18.4 Å². The maximum atomic E-state index is 13.0. The molecule has 3 amide bonds. The van der Waals surface area contributed by atoms with Crippen molar-refractivity contribution in [1.29, 1.82) is 0 Å². The fourth-order valence-corrected chi connectivity index (χ4v) is 2.59. The fraction of sp³-hybridized carbons (Fsp3) is 0.850. The molecule has 0 heterocycles. The number of carbonyl (C=O) groups is 3. The highest BCUT2D eigenvalue weighted by atomic mass is 16.7. The standard InChI is InChI=1S/C20H39N3O4/c1-10-11-12-15(13-23(14-24)27-20(5,6)7)17(25)21-16(19(2,3)4)18(26)22(8)9/h14-16H,10-13H2,1-9H3,(H,21,25)/t15-,16-/m1/s1. The number of hydroxylamine groups is 2. The molecular formula is C20H39N3O4. The van der Waals surface area contributed by atoms with E-state index in [1.54, 1.807) is 14.1 Å². The summed E-state index contributed by atoms with van der Waals surface area (Å²) >= 11 is 0. The van der Waals surface area contributed by atoms with Gasteiger partial charge < -0.3 is 10.2 Å². The average Bonchev–Trinajstić information content (AvgIpc) is 2.51. The summed E-state index contributed by atoms with van der Waals surface area (Å²) in [5.74, 6) is -0.830. The van der Waals surface area contributed by atoms with Crippen LogP contribution in [-0.4, -0.2) is 60.5 Å². The largest absolute Gasteiger partial charge is 0.347 e. The van der Waals surface area contributed by atoms with Crippen LogP contribution in [0.3, 0.4) is 0 Å². The number of hydrogen-bond donors (Lipinski definition) is 1. The van der Waals surface area contributed by atoms with Crippen LogP contribution in [0.5, 0.6) is 0 Å². The van der Waals surface area contributed by atoms with Gasteiger partial charge in [-0.05, 0) is 32.6 Å². The molecule has 7 heteroatoms. The zero-order valence-corrected chi connectivity index (χ0v) is 18.6. The number of rotatable bonds is 10. The maximum Gasteiger partial charge on any atom is 0.245 e. The van der Waals surface area contributed by atoms with Crippen molar-refractivity contribution in [3.8, 4) is 0 Å². The zero-order chi connectivity index (χ0) is 21.4. The Morgan fingerprint density at radius 3 is 2.04 bits per heavy atom. The van der Waals surface area contributed by atoms with Gasteiger partial charge in [-0.15, -0.1) is 0 Å². The monoisotopic (exact) mass is 385 g/mol. The Morgan fingerprint density at radius 2 is 1.67 bits per heavy atom. The molecule has 0 unspecified atom stereocenters. The van der Waals surface area contributed by atoms with E-state index in [4.69, 9.17) is 4.84 Å². The van der Waals surface area contributed by atoms with Gasteiger partial charge in [0.2, 0.25) is 18.2 Å². The average molecular weight is 386 g/mol. The van der Waals surface area contributed by atoms with Crippen molar-refractivity contribution in [2.24, 2.45) is 11.3 Å². The number of likely N-dealkylation sites (N-methyl/N-ethyl adjacent to an activating group) is 1. The van der Waals surface area contributed by atoms with Crippen LogP contribution in [0, 0.1) is 11.3 Å². The quantitative estimate of drug-likeness (QED) is 0.463. The van der Waals surface area contributed by atoms with E-state index in [2.05, 4.69) is 5.32 Å². The van der Waals surface area contributed by atoms with Crippen LogP contribution in [0.1, 0.15) is 67.7 Å². The Bertz CT molecular complexity index is 492. The van der Waals surface area contributed by atoms with Gasteiger partial charge in [0, 0.05) is 14.1 Å². The molecule has 27 heavy (non-hydrogen) atoms. The molecule has 0 aliphatic carbocycles. The Morgan fingerprint density at radius 1 is 1.11 bits per heavy atom. The molecule has 0 rings (SSSR count). The van der Waals surface area contributed by atoms with E-state index < -0.39 is 23.0 Å². The third-order valence-electron chi connectivity index (χ3n) is 4.03. The molecule has 0 saturated carbocycles. The van der Waals surface area contributed by atoms with Gasteiger partial charge in [-0.3, -0.25) is 19.2 Å². The van der Waals surface area contributed by atoms with Crippen LogP contribution in [0.25, 0.3) is 0 Å². The van der Waals surface area contributed by atoms with Gasteiger partial charge in [0.25, 0.3) is 0 Å². The smallest absolute Gasteiger partial charge is 0.245 e. The maximum absolute atomic E-state index is 13.0. The Kier molecular flexibility index (Phi) is 10.00. The summed E-state index contributed by atoms with van der Waals surface area (Å²) in [5.41, 5.74) is -0.972. The number of amides is 3. The SMILES string of the molecule is CCCC[C@H](CN(C=O)OC(C)(C)C)C(=O)N[C@H](C(=O)N(C)C)C(C)(C)C. The van der Waals surface area contributed by atoms with Gasteiger partial charge >= 0.3 is 0 Å². The molecule has 0 aromatic heterocycles. The highest BCUT2D eigenvalue weighted by Gasteiger charge is 2.35. The predicted molar refractivity (Wildman–Crippen MR) is 107 cm³/mol. The Hall–Kier alpha value is -1.63. The van der Waals surface area contributed by atoms with Gasteiger partial charge in [0.1, 0.15) is 6.04 Å². The minimum absolute atomic E-state index is 0.150. The van der Waals surface area contributed by atoms with Crippen LogP contribution in [0.2, 0.25) is 0 Å². The first-order valence-electron chi connectivity index (χ1n) is 9.65. The number of nitrogens with one attached hydrogen (secondary N) is 1. The highest BCUT2D eigenvalue weighted by molar-refractivity contribution is 5.89. The molecule has 0 aliphatic heterocycles. The van der Waals surface area contributed by atoms with Crippen molar-refractivity contribution >= 4 is 18.2 Å². The topological polar surface area (TPSA) is 79.0 Å². The van der Waals surface area contributed by atoms with E-state index in [0.717, 1.165) is 12.8 Å². The van der Waals surface area contributed by atoms with Gasteiger partial charge in [-0.25, -0.2) is 5.06 Å². The molecule has 158 valence electrons. The van der Waals surface area contributed by atoms with Gasteiger partial charge in [0.05, 0.1) is 18.1 Å². The summed E-state index contributed by atoms with van der Waals surface area (Å²) in [6.07, 6.45) is 3.00. The van der Waals surface area contributed by atoms with E-state index >= 15 is 0 Å². The van der Waals surface area contributed by atoms with Crippen LogP contribution in [0.15, 0.2) is 0 Å². The molecular weight excluding hydrogens is 346 g/mol. The molecule has 7 nitrogen and oxygen atoms in total. The molecule has 0 fully saturated rings. The van der Waals surface area contributed by atoms with Gasteiger partial charge in [-0.2, -0.15) is 0 Å². The third-order valence-corrected chi connectivity index (χ3v) is 4.03. The van der Waals surface area contributed by atoms with Crippen molar-refractivity contribution in [1.82, 2.24) is 15.3 Å². The molecule has 0 aliphatic rings. The number of nitrogens with zero attached hydrogens (tertiary/aromatic N) is 2. The van der Waals surface area contributed by atoms with Gasteiger partial charge in [0.15, 0.2) is 0 Å². The molecule has 0 radical (unpaired) electrons. The summed E-state index contributed by atoms with van der Waals surface area (Å²) in [4.78, 5) is 44.0. The second kappa shape index (κ2) is 10.6. The molecule has 0 spiro atoms. The molecule has 0 saturated heterocycles. The second-order valence-corrected chi connectivity index (χ2v) is 9.29. The summed E-state index contributed by atoms with van der Waals surface area (Å²) in [5, 5.41) is 4.09. The molecule has 0 aromatic rings. The lowest BCUT2D eigenvalue weighted by molar-refractivity contribution is -0.220. The van der Waals surface area contributed by atoms with Crippen LogP contribution >= 0.6 is 0 Å². The van der Waals surface area contributed by atoms with Crippen molar-refractivity contribution in [3.05, 3.63) is 0 Å². The highest BCUT2D eigenvalue weighted by Crippen LogP contribution is 2.22. The lowest BCUT2D eigenvalue weighted by atomic mass is 9.85. The summed E-state index contributed by atoms with van der Waals surface area (Å²) in [6, 6.07) is -0.641. The van der Waals surface area contributed by atoms with E-state index in [1.165, 1.54) is 9.96 Å². The molecule has 2 atom stereocenters. The van der Waals surface area contributed by atoms with Crippen molar-refractivity contribution < 1.29 is 19.2 Å². The summed E-state index contributed by atoms with van der Waals surface area (Å²) < 4.78 is 0. The normalized spacial score (nSPS) is 14.3. The van der Waals surface area contributed by atoms with E-state index in [0.29, 0.717) is 12.8 Å². The summed E-state index contributed by atoms with van der Waals surface area (Å²) in [6.45, 7) is 13.5. The van der Waals surface area contributed by atoms with E-state index in [9.17, 15) is 14.4 Å². The molecule has 0 aromatic carbocycles. The van der Waals surface area contributed by atoms with Crippen molar-refractivity contribution in [2.45, 2.75) is 79.4 Å². The molecule has 1 N–H and O–H groups in total. The lowest BCUT2D eigenvalue weighted by Gasteiger charge is -2.34. The van der Waals surface area contributed by atoms with Crippen molar-refractivity contribution in [2.75, 3.05) is 20.6 Å². The number of carbonyl (C=O) groups excluding carboxylic acids is 3. The Labute approximate surface area is 164 Å². The van der Waals surface area contributed by atoms with Gasteiger partial charge in [-0.1, -0.05) is 40.5 Å². The van der Waals surface area contributed by atoms with Crippen LogP contribution < -0.4 is 5.32 Å². The summed E-state index contributed by atoms with van der Waals surface area (Å²) in [7, 11) is 3.35. The third kappa shape index (κ3) is 9.75. The van der Waals surface area contributed by atoms with E-state index in [1.807, 2.05) is 48.5 Å². The zero-order valence-electron chi connectivity index (χ0n) is 18.6. The first-order chi connectivity index (χ1) is 12.2. The number of hydrogen-bond acceptors (Lipinski definition) is 4. The number of unbranched alkanes of at least 4 members (excludes halogenated alkanes) is 1. The first-order valence-corrected chi connectivity index (χ1v) is 9.65. The predicted octanol–water partition coefficient (Wildman–Crippen LogP) is 2.60. The first kappa shape index (κ1) is 25.4. The minimum Gasteiger partial charge on any atom is -0.347 e. The van der Waals surface area contributed by atoms with Crippen LogP contribution in [0.4, 0.5) is 0 Å². The van der Waals surface area contributed by atoms with Crippen molar-refractivity contribution in [3.63, 3.8) is 0 Å². The fourth-order valence-electron chi connectivity index (χ4n) is 2.59. The minimum atomic E-state index is -0.641. The van der Waals surface area contributed by atoms with Crippen LogP contribution in [-0.2, 0) is 19.2 Å². The second-order valence-electron chi connectivity index (χ2n) is 9.29. The molecule has 0 bridgehead atoms. The lowest BCUT2D eigenvalue weighted by Crippen LogP contribution is -2.55. The Balaban J connectivity index is 5.38.